The van der Waals surface area contributed by atoms with E-state index in [1.54, 1.807) is 11.3 Å². The highest BCUT2D eigenvalue weighted by Gasteiger charge is 2.33. The van der Waals surface area contributed by atoms with Crippen LogP contribution in [-0.4, -0.2) is 27.8 Å². The van der Waals surface area contributed by atoms with E-state index in [0.717, 1.165) is 27.6 Å². The Morgan fingerprint density at radius 3 is 2.91 bits per heavy atom. The second-order valence-electron chi connectivity index (χ2n) is 5.59. The molecule has 1 atom stereocenters. The molecule has 23 heavy (non-hydrogen) atoms. The van der Waals surface area contributed by atoms with Crippen molar-refractivity contribution in [2.75, 3.05) is 6.61 Å². The first-order chi connectivity index (χ1) is 11.1. The van der Waals surface area contributed by atoms with E-state index in [4.69, 9.17) is 4.74 Å². The molecule has 6 heteroatoms. The molecule has 0 spiro atoms. The highest BCUT2D eigenvalue weighted by atomic mass is 32.1. The SMILES string of the molecule is CC=N/C(C)=C1\CC1COc1nc(C)ncc1-c1cnc(C)s1. The lowest BCUT2D eigenvalue weighted by atomic mass is 10.3. The van der Waals surface area contributed by atoms with E-state index in [0.29, 0.717) is 24.2 Å². The highest BCUT2D eigenvalue weighted by Crippen LogP contribution is 2.41. The predicted octanol–water partition coefficient (Wildman–Crippen LogP) is 3.98. The minimum Gasteiger partial charge on any atom is -0.476 e. The van der Waals surface area contributed by atoms with Crippen molar-refractivity contribution in [3.05, 3.63) is 34.5 Å². The second kappa shape index (κ2) is 6.58. The van der Waals surface area contributed by atoms with Gasteiger partial charge >= 0.3 is 0 Å². The van der Waals surface area contributed by atoms with Crippen molar-refractivity contribution in [2.45, 2.75) is 34.1 Å². The fourth-order valence-electron chi connectivity index (χ4n) is 2.48. The number of aliphatic imine (C=N–C) groups is 1. The second-order valence-corrected chi connectivity index (χ2v) is 6.82. The first-order valence-electron chi connectivity index (χ1n) is 7.66. The summed E-state index contributed by atoms with van der Waals surface area (Å²) >= 11 is 1.62. The zero-order valence-electron chi connectivity index (χ0n) is 13.8. The molecule has 1 aliphatic carbocycles. The van der Waals surface area contributed by atoms with Crippen LogP contribution >= 0.6 is 11.3 Å². The summed E-state index contributed by atoms with van der Waals surface area (Å²) in [5, 5.41) is 1.02. The van der Waals surface area contributed by atoms with Crippen LogP contribution in [0.4, 0.5) is 0 Å². The van der Waals surface area contributed by atoms with E-state index in [-0.39, 0.29) is 0 Å². The van der Waals surface area contributed by atoms with Crippen molar-refractivity contribution >= 4 is 17.6 Å². The minimum atomic E-state index is 0.449. The van der Waals surface area contributed by atoms with Gasteiger partial charge in [-0.15, -0.1) is 11.3 Å². The van der Waals surface area contributed by atoms with Gasteiger partial charge in [-0.1, -0.05) is 0 Å². The molecule has 2 heterocycles. The Morgan fingerprint density at radius 2 is 2.22 bits per heavy atom. The molecule has 0 radical (unpaired) electrons. The largest absolute Gasteiger partial charge is 0.476 e. The Balaban J connectivity index is 1.76. The van der Waals surface area contributed by atoms with Crippen molar-refractivity contribution < 1.29 is 4.74 Å². The number of hydrogen-bond donors (Lipinski definition) is 0. The maximum atomic E-state index is 6.01. The highest BCUT2D eigenvalue weighted by molar-refractivity contribution is 7.15. The third-order valence-corrected chi connectivity index (χ3v) is 4.71. The van der Waals surface area contributed by atoms with Gasteiger partial charge in [-0.2, -0.15) is 4.98 Å². The van der Waals surface area contributed by atoms with Crippen LogP contribution in [0.25, 0.3) is 10.4 Å². The molecule has 0 amide bonds. The van der Waals surface area contributed by atoms with Crippen molar-refractivity contribution in [1.82, 2.24) is 15.0 Å². The van der Waals surface area contributed by atoms with E-state index < -0.39 is 0 Å². The summed E-state index contributed by atoms with van der Waals surface area (Å²) in [5.41, 5.74) is 3.40. The van der Waals surface area contributed by atoms with Gasteiger partial charge in [0.2, 0.25) is 5.88 Å². The third-order valence-electron chi connectivity index (χ3n) is 3.77. The van der Waals surface area contributed by atoms with Crippen LogP contribution in [0.5, 0.6) is 5.88 Å². The number of aromatic nitrogens is 3. The molecule has 3 rings (SSSR count). The molecule has 0 aromatic carbocycles. The summed E-state index contributed by atoms with van der Waals surface area (Å²) in [6.45, 7) is 8.48. The normalized spacial score (nSPS) is 19.2. The lowest BCUT2D eigenvalue weighted by molar-refractivity contribution is 0.293. The van der Waals surface area contributed by atoms with Gasteiger partial charge in [-0.3, -0.25) is 4.99 Å². The standard InChI is InChI=1S/C17H20N4OS/c1-5-18-10(2)14-6-13(14)9-22-17-15(7-19-11(3)21-17)16-8-20-12(4)23-16/h5,7-8,13H,6,9H2,1-4H3/b14-10+,18-5?. The number of thiazole rings is 1. The third kappa shape index (κ3) is 3.64. The van der Waals surface area contributed by atoms with Crippen LogP contribution < -0.4 is 4.74 Å². The Morgan fingerprint density at radius 1 is 1.39 bits per heavy atom. The number of aryl methyl sites for hydroxylation is 2. The van der Waals surface area contributed by atoms with Gasteiger partial charge in [0.1, 0.15) is 5.82 Å². The molecule has 1 aliphatic rings. The average Bonchev–Trinajstić information content (AvgIpc) is 3.18. The number of nitrogens with zero attached hydrogens (tertiary/aromatic N) is 4. The smallest absolute Gasteiger partial charge is 0.225 e. The van der Waals surface area contributed by atoms with Gasteiger partial charge in [-0.25, -0.2) is 9.97 Å². The molecule has 0 aliphatic heterocycles. The van der Waals surface area contributed by atoms with Crippen LogP contribution in [0.15, 0.2) is 28.7 Å². The van der Waals surface area contributed by atoms with Gasteiger partial charge in [-0.05, 0) is 39.7 Å². The van der Waals surface area contributed by atoms with Gasteiger partial charge in [0.15, 0.2) is 0 Å². The molecule has 0 bridgehead atoms. The van der Waals surface area contributed by atoms with Gasteiger partial charge < -0.3 is 4.74 Å². The van der Waals surface area contributed by atoms with Gasteiger partial charge in [0.05, 0.1) is 22.1 Å². The van der Waals surface area contributed by atoms with Crippen LogP contribution in [0.1, 0.15) is 31.1 Å². The first-order valence-corrected chi connectivity index (χ1v) is 8.47. The van der Waals surface area contributed by atoms with Crippen LogP contribution in [0.3, 0.4) is 0 Å². The van der Waals surface area contributed by atoms with Crippen LogP contribution in [-0.2, 0) is 0 Å². The topological polar surface area (TPSA) is 60.3 Å². The van der Waals surface area contributed by atoms with Gasteiger partial charge in [0.25, 0.3) is 0 Å². The van der Waals surface area contributed by atoms with Crippen LogP contribution in [0.2, 0.25) is 0 Å². The first kappa shape index (κ1) is 15.8. The van der Waals surface area contributed by atoms with Crippen LogP contribution in [0, 0.1) is 19.8 Å². The molecule has 5 nitrogen and oxygen atoms in total. The summed E-state index contributed by atoms with van der Waals surface area (Å²) in [7, 11) is 0. The Bertz CT molecular complexity index is 779. The lowest BCUT2D eigenvalue weighted by Gasteiger charge is -2.09. The Kier molecular flexibility index (Phi) is 4.52. The summed E-state index contributed by atoms with van der Waals surface area (Å²) in [6, 6.07) is 0. The fourth-order valence-corrected chi connectivity index (χ4v) is 3.26. The molecule has 1 fully saturated rings. The minimum absolute atomic E-state index is 0.449. The molecule has 1 unspecified atom stereocenters. The maximum absolute atomic E-state index is 6.01. The van der Waals surface area contributed by atoms with Crippen molar-refractivity contribution in [2.24, 2.45) is 10.9 Å². The van der Waals surface area contributed by atoms with Gasteiger partial charge in [0, 0.05) is 30.2 Å². The molecular weight excluding hydrogens is 308 g/mol. The van der Waals surface area contributed by atoms with Crippen molar-refractivity contribution in [1.29, 1.82) is 0 Å². The van der Waals surface area contributed by atoms with E-state index in [2.05, 4.69) is 26.9 Å². The summed E-state index contributed by atoms with van der Waals surface area (Å²) in [5.74, 6) is 1.80. The number of hydrogen-bond acceptors (Lipinski definition) is 6. The maximum Gasteiger partial charge on any atom is 0.225 e. The molecule has 2 aromatic heterocycles. The van der Waals surface area contributed by atoms with E-state index in [9.17, 15) is 0 Å². The summed E-state index contributed by atoms with van der Waals surface area (Å²) < 4.78 is 6.01. The molecule has 120 valence electrons. The molecular formula is C17H20N4OS. The Hall–Kier alpha value is -2.08. The summed E-state index contributed by atoms with van der Waals surface area (Å²) in [6.07, 6.45) is 6.56. The monoisotopic (exact) mass is 328 g/mol. The molecule has 0 N–H and O–H groups in total. The Labute approximate surface area is 140 Å². The fraction of sp³-hybridized carbons (Fsp3) is 0.412. The quantitative estimate of drug-likeness (QED) is 0.779. The van der Waals surface area contributed by atoms with Crippen molar-refractivity contribution in [3.8, 4) is 16.3 Å². The average molecular weight is 328 g/mol. The number of ether oxygens (including phenoxy) is 1. The van der Waals surface area contributed by atoms with E-state index in [1.807, 2.05) is 39.4 Å². The molecule has 2 aromatic rings. The zero-order chi connectivity index (χ0) is 16.4. The lowest BCUT2D eigenvalue weighted by Crippen LogP contribution is -2.04. The van der Waals surface area contributed by atoms with E-state index in [1.165, 1.54) is 5.57 Å². The molecule has 0 saturated heterocycles. The summed E-state index contributed by atoms with van der Waals surface area (Å²) in [4.78, 5) is 18.4. The van der Waals surface area contributed by atoms with Crippen molar-refractivity contribution in [3.63, 3.8) is 0 Å². The van der Waals surface area contributed by atoms with E-state index >= 15 is 0 Å². The number of allylic oxidation sites excluding steroid dienone is 1. The predicted molar refractivity (Wildman–Crippen MR) is 93.1 cm³/mol. The zero-order valence-corrected chi connectivity index (χ0v) is 14.6. The number of rotatable bonds is 5. The molecule has 1 saturated carbocycles.